The lowest BCUT2D eigenvalue weighted by Crippen LogP contribution is -2.36. The fraction of sp³-hybridized carbons (Fsp3) is 0.286. The Morgan fingerprint density at radius 3 is 2.62 bits per heavy atom. The molecule has 1 saturated heterocycles. The molecule has 0 unspecified atom stereocenters. The van der Waals surface area contributed by atoms with Crippen molar-refractivity contribution in [2.24, 2.45) is 0 Å². The van der Waals surface area contributed by atoms with E-state index in [1.807, 2.05) is 0 Å². The first-order valence-corrected chi connectivity index (χ1v) is 6.99. The van der Waals surface area contributed by atoms with Crippen LogP contribution in [0.5, 0.6) is 11.6 Å². The number of benzene rings is 1. The van der Waals surface area contributed by atoms with Gasteiger partial charge in [-0.2, -0.15) is 4.98 Å². The minimum absolute atomic E-state index is 0.150. The number of hydrogen-bond donors (Lipinski definition) is 1. The van der Waals surface area contributed by atoms with E-state index in [0.717, 1.165) is 18.8 Å². The van der Waals surface area contributed by atoms with Gasteiger partial charge < -0.3 is 20.1 Å². The minimum Gasteiger partial charge on any atom is -0.437 e. The Bertz CT molecular complexity index is 615. The topological polar surface area (TPSA) is 73.5 Å². The summed E-state index contributed by atoms with van der Waals surface area (Å²) in [5, 5.41) is 0.150. The van der Waals surface area contributed by atoms with Crippen molar-refractivity contribution in [3.8, 4) is 11.6 Å². The number of aromatic nitrogens is 2. The first kappa shape index (κ1) is 13.9. The summed E-state index contributed by atoms with van der Waals surface area (Å²) in [6.07, 6.45) is 1.67. The van der Waals surface area contributed by atoms with Crippen molar-refractivity contribution in [3.63, 3.8) is 0 Å². The highest BCUT2D eigenvalue weighted by atomic mass is 35.5. The average Bonchev–Trinajstić information content (AvgIpc) is 2.51. The summed E-state index contributed by atoms with van der Waals surface area (Å²) in [5.41, 5.74) is 7.15. The van der Waals surface area contributed by atoms with Gasteiger partial charge in [0.05, 0.1) is 19.4 Å². The molecule has 7 heteroatoms. The number of hydrogen-bond acceptors (Lipinski definition) is 6. The second-order valence-corrected chi connectivity index (χ2v) is 4.94. The Hall–Kier alpha value is -2.05. The predicted octanol–water partition coefficient (Wildman–Crippen LogP) is 2.34. The highest BCUT2D eigenvalue weighted by molar-refractivity contribution is 6.28. The lowest BCUT2D eigenvalue weighted by atomic mass is 10.3. The molecule has 0 amide bonds. The van der Waals surface area contributed by atoms with Crippen LogP contribution in [0.4, 0.5) is 11.4 Å². The van der Waals surface area contributed by atoms with Crippen LogP contribution < -0.4 is 15.4 Å². The molecule has 0 saturated carbocycles. The molecule has 0 bridgehead atoms. The van der Waals surface area contributed by atoms with Gasteiger partial charge in [-0.05, 0) is 35.9 Å². The molecule has 2 N–H and O–H groups in total. The van der Waals surface area contributed by atoms with E-state index < -0.39 is 0 Å². The van der Waals surface area contributed by atoms with Crippen LogP contribution in [-0.4, -0.2) is 36.3 Å². The fourth-order valence-corrected chi connectivity index (χ4v) is 2.21. The van der Waals surface area contributed by atoms with Crippen LogP contribution in [0.1, 0.15) is 0 Å². The van der Waals surface area contributed by atoms with E-state index >= 15 is 0 Å². The maximum absolute atomic E-state index is 5.88. The number of morpholine rings is 1. The van der Waals surface area contributed by atoms with Crippen molar-refractivity contribution < 1.29 is 9.47 Å². The summed E-state index contributed by atoms with van der Waals surface area (Å²) >= 11 is 5.88. The molecule has 0 aliphatic carbocycles. The molecule has 110 valence electrons. The van der Waals surface area contributed by atoms with Crippen LogP contribution in [0.3, 0.4) is 0 Å². The highest BCUT2D eigenvalue weighted by Gasteiger charge is 2.18. The van der Waals surface area contributed by atoms with Crippen LogP contribution in [0, 0.1) is 0 Å². The van der Waals surface area contributed by atoms with E-state index in [1.54, 1.807) is 30.5 Å². The van der Waals surface area contributed by atoms with E-state index in [0.29, 0.717) is 30.5 Å². The predicted molar refractivity (Wildman–Crippen MR) is 81.0 cm³/mol. The molecule has 0 atom stereocenters. The first-order valence-electron chi connectivity index (χ1n) is 6.61. The maximum atomic E-state index is 5.88. The summed E-state index contributed by atoms with van der Waals surface area (Å²) in [5.74, 6) is 1.08. The summed E-state index contributed by atoms with van der Waals surface area (Å²) in [6, 6.07) is 7.11. The number of nitrogen functional groups attached to an aromatic ring is 1. The normalized spacial score (nSPS) is 15.0. The van der Waals surface area contributed by atoms with Crippen LogP contribution in [0.25, 0.3) is 0 Å². The van der Waals surface area contributed by atoms with Crippen LogP contribution in [0.2, 0.25) is 5.28 Å². The van der Waals surface area contributed by atoms with Crippen LogP contribution in [-0.2, 0) is 4.74 Å². The highest BCUT2D eigenvalue weighted by Crippen LogP contribution is 2.31. The van der Waals surface area contributed by atoms with Crippen molar-refractivity contribution in [1.29, 1.82) is 0 Å². The van der Waals surface area contributed by atoms with Gasteiger partial charge in [-0.25, -0.2) is 4.98 Å². The SMILES string of the molecule is Nc1ccc(Oc2nc(Cl)ncc2N2CCOCC2)cc1. The third-order valence-corrected chi connectivity index (χ3v) is 3.33. The van der Waals surface area contributed by atoms with Crippen molar-refractivity contribution in [1.82, 2.24) is 9.97 Å². The third-order valence-electron chi connectivity index (χ3n) is 3.15. The lowest BCUT2D eigenvalue weighted by Gasteiger charge is -2.29. The van der Waals surface area contributed by atoms with E-state index in [1.165, 1.54) is 0 Å². The van der Waals surface area contributed by atoms with Gasteiger partial charge in [-0.1, -0.05) is 0 Å². The average molecular weight is 307 g/mol. The molecule has 2 aromatic rings. The zero-order valence-corrected chi connectivity index (χ0v) is 12.1. The Labute approximate surface area is 127 Å². The summed E-state index contributed by atoms with van der Waals surface area (Å²) in [6.45, 7) is 2.88. The molecule has 21 heavy (non-hydrogen) atoms. The molecule has 3 rings (SSSR count). The number of anilines is 2. The van der Waals surface area contributed by atoms with Crippen molar-refractivity contribution >= 4 is 23.0 Å². The Balaban J connectivity index is 1.88. The Morgan fingerprint density at radius 2 is 1.90 bits per heavy atom. The van der Waals surface area contributed by atoms with Gasteiger partial charge >= 0.3 is 0 Å². The number of nitrogens with zero attached hydrogens (tertiary/aromatic N) is 3. The second kappa shape index (κ2) is 6.15. The van der Waals surface area contributed by atoms with Gasteiger partial charge in [0.1, 0.15) is 11.4 Å². The second-order valence-electron chi connectivity index (χ2n) is 4.60. The molecular formula is C14H15ClN4O2. The zero-order chi connectivity index (χ0) is 14.7. The number of nitrogens with two attached hydrogens (primary N) is 1. The Morgan fingerprint density at radius 1 is 1.19 bits per heavy atom. The molecule has 0 radical (unpaired) electrons. The molecule has 0 spiro atoms. The molecule has 6 nitrogen and oxygen atoms in total. The van der Waals surface area contributed by atoms with Crippen molar-refractivity contribution in [2.75, 3.05) is 36.9 Å². The molecule has 1 aliphatic rings. The molecule has 2 heterocycles. The molecule has 1 aromatic heterocycles. The number of halogens is 1. The summed E-state index contributed by atoms with van der Waals surface area (Å²) in [4.78, 5) is 10.3. The van der Waals surface area contributed by atoms with Crippen molar-refractivity contribution in [2.45, 2.75) is 0 Å². The zero-order valence-electron chi connectivity index (χ0n) is 11.3. The Kier molecular flexibility index (Phi) is 4.08. The van der Waals surface area contributed by atoms with Crippen molar-refractivity contribution in [3.05, 3.63) is 35.7 Å². The fourth-order valence-electron chi connectivity index (χ4n) is 2.08. The lowest BCUT2D eigenvalue weighted by molar-refractivity contribution is 0.122. The summed E-state index contributed by atoms with van der Waals surface area (Å²) < 4.78 is 11.2. The van der Waals surface area contributed by atoms with Gasteiger partial charge in [-0.3, -0.25) is 0 Å². The van der Waals surface area contributed by atoms with E-state index in [9.17, 15) is 0 Å². The first-order chi connectivity index (χ1) is 10.2. The third kappa shape index (κ3) is 3.34. The van der Waals surface area contributed by atoms with Gasteiger partial charge in [0.2, 0.25) is 11.2 Å². The summed E-state index contributed by atoms with van der Waals surface area (Å²) in [7, 11) is 0. The number of rotatable bonds is 3. The van der Waals surface area contributed by atoms with E-state index in [-0.39, 0.29) is 5.28 Å². The van der Waals surface area contributed by atoms with Gasteiger partial charge in [0, 0.05) is 18.8 Å². The smallest absolute Gasteiger partial charge is 0.247 e. The van der Waals surface area contributed by atoms with Gasteiger partial charge in [0.15, 0.2) is 0 Å². The molecular weight excluding hydrogens is 292 g/mol. The van der Waals surface area contributed by atoms with E-state index in [4.69, 9.17) is 26.8 Å². The molecule has 1 aliphatic heterocycles. The van der Waals surface area contributed by atoms with E-state index in [2.05, 4.69) is 14.9 Å². The molecule has 1 fully saturated rings. The van der Waals surface area contributed by atoms with Crippen LogP contribution in [0.15, 0.2) is 30.5 Å². The number of ether oxygens (including phenoxy) is 2. The van der Waals surface area contributed by atoms with Gasteiger partial charge in [-0.15, -0.1) is 0 Å². The monoisotopic (exact) mass is 306 g/mol. The van der Waals surface area contributed by atoms with Gasteiger partial charge in [0.25, 0.3) is 0 Å². The standard InChI is InChI=1S/C14H15ClN4O2/c15-14-17-9-12(19-5-7-20-8-6-19)13(18-14)21-11-3-1-10(16)2-4-11/h1-4,9H,5-8,16H2. The minimum atomic E-state index is 0.150. The van der Waals surface area contributed by atoms with Crippen LogP contribution >= 0.6 is 11.6 Å². The molecule has 1 aromatic carbocycles. The largest absolute Gasteiger partial charge is 0.437 e. The maximum Gasteiger partial charge on any atom is 0.247 e. The quantitative estimate of drug-likeness (QED) is 0.693.